The largest absolute Gasteiger partial charge is 0.395 e. The average molecular weight is 212 g/mol. The summed E-state index contributed by atoms with van der Waals surface area (Å²) in [5.74, 6) is -2.94. The van der Waals surface area contributed by atoms with Crippen molar-refractivity contribution in [1.82, 2.24) is 0 Å². The molecule has 2 atom stereocenters. The number of rotatable bonds is 6. The van der Waals surface area contributed by atoms with Gasteiger partial charge in [0.25, 0.3) is 5.78 Å². The molecule has 0 amide bonds. The number of nitrogens with zero attached hydrogens (tertiary/aromatic N) is 2. The van der Waals surface area contributed by atoms with Crippen molar-refractivity contribution in [2.24, 2.45) is 5.92 Å². The van der Waals surface area contributed by atoms with Gasteiger partial charge in [-0.3, -0.25) is 9.59 Å². The van der Waals surface area contributed by atoms with Gasteiger partial charge in [-0.05, 0) is 0 Å². The van der Waals surface area contributed by atoms with Crippen LogP contribution in [-0.4, -0.2) is 52.8 Å². The normalized spacial score (nSPS) is 24.9. The molecule has 0 spiro atoms. The highest BCUT2D eigenvalue weighted by molar-refractivity contribution is 6.38. The van der Waals surface area contributed by atoms with Crippen LogP contribution in [0.1, 0.15) is 0 Å². The van der Waals surface area contributed by atoms with E-state index in [2.05, 4.69) is 9.53 Å². The number of carbonyl (C=O) groups excluding carboxylic acids is 3. The topological polar surface area (TPSA) is 120 Å². The van der Waals surface area contributed by atoms with Crippen molar-refractivity contribution in [2.45, 2.75) is 5.60 Å². The summed E-state index contributed by atoms with van der Waals surface area (Å²) in [6, 6.07) is 0. The Morgan fingerprint density at radius 2 is 2.27 bits per heavy atom. The molecular weight excluding hydrogens is 204 g/mol. The molecule has 1 heterocycles. The lowest BCUT2D eigenvalue weighted by Crippen LogP contribution is -2.41. The molecule has 0 aliphatic carbocycles. The van der Waals surface area contributed by atoms with Gasteiger partial charge in [-0.1, -0.05) is 0 Å². The minimum absolute atomic E-state index is 0.166. The molecule has 1 N–H and O–H groups in total. The van der Waals surface area contributed by atoms with Crippen molar-refractivity contribution in [3.05, 3.63) is 5.53 Å². The second kappa shape index (κ2) is 4.22. The summed E-state index contributed by atoms with van der Waals surface area (Å²) >= 11 is 0. The molecule has 0 aromatic heterocycles. The number of Topliss-reactive ketones (excluding diaryl/α,β-unsaturated/α-hetero) is 2. The zero-order valence-electron chi connectivity index (χ0n) is 7.62. The van der Waals surface area contributed by atoms with Crippen molar-refractivity contribution in [2.75, 3.05) is 13.2 Å². The first-order valence-corrected chi connectivity index (χ1v) is 4.08. The summed E-state index contributed by atoms with van der Waals surface area (Å²) in [5, 5.41) is 8.70. The Bertz CT molecular complexity index is 354. The van der Waals surface area contributed by atoms with E-state index in [-0.39, 0.29) is 12.9 Å². The van der Waals surface area contributed by atoms with E-state index in [4.69, 9.17) is 10.6 Å². The number of ketones is 2. The first-order valence-electron chi connectivity index (χ1n) is 4.08. The van der Waals surface area contributed by atoms with Crippen molar-refractivity contribution in [3.8, 4) is 0 Å². The Kier molecular flexibility index (Phi) is 3.21. The average Bonchev–Trinajstić information content (AvgIpc) is 3.00. The summed E-state index contributed by atoms with van der Waals surface area (Å²) in [5.41, 5.74) is 6.39. The Morgan fingerprint density at radius 3 is 2.60 bits per heavy atom. The molecule has 1 saturated heterocycles. The van der Waals surface area contributed by atoms with Gasteiger partial charge < -0.3 is 20.2 Å². The highest BCUT2D eigenvalue weighted by Crippen LogP contribution is 2.31. The maximum atomic E-state index is 11.5. The van der Waals surface area contributed by atoms with Crippen molar-refractivity contribution in [3.63, 3.8) is 0 Å². The second-order valence-corrected chi connectivity index (χ2v) is 3.01. The number of ether oxygens (including phenoxy) is 1. The quantitative estimate of drug-likeness (QED) is 0.136. The van der Waals surface area contributed by atoms with Crippen LogP contribution in [-0.2, 0) is 19.1 Å². The number of aldehydes is 1. The fourth-order valence-electron chi connectivity index (χ4n) is 1.12. The minimum atomic E-state index is -1.74. The van der Waals surface area contributed by atoms with E-state index in [0.29, 0.717) is 6.21 Å². The molecule has 1 fully saturated rings. The maximum Gasteiger partial charge on any atom is 0.326 e. The fourth-order valence-corrected chi connectivity index (χ4v) is 1.12. The lowest BCUT2D eigenvalue weighted by Gasteiger charge is -2.08. The minimum Gasteiger partial charge on any atom is -0.395 e. The molecule has 1 rings (SSSR count). The lowest BCUT2D eigenvalue weighted by molar-refractivity contribution is -0.137. The van der Waals surface area contributed by atoms with Crippen LogP contribution in [0.15, 0.2) is 0 Å². The van der Waals surface area contributed by atoms with Crippen LogP contribution < -0.4 is 0 Å². The molecule has 0 saturated carbocycles. The number of aliphatic hydroxyl groups excluding tert-OH is 1. The number of hydrogen-bond donors (Lipinski definition) is 1. The standard InChI is InChI=1S/C8H8N2O5/c9-10-1-6(13)8(4-15-8)7(14)5(2-11)3-12/h1-2,5,12H,3-4H2/t5?,8-/m0/s1. The SMILES string of the molecule is [N-]=[N+]=CC(=O)[C@]1(C(=O)C(C=O)CO)CO1. The predicted octanol–water partition coefficient (Wildman–Crippen LogP) is -2.00. The van der Waals surface area contributed by atoms with Gasteiger partial charge in [0.15, 0.2) is 5.78 Å². The van der Waals surface area contributed by atoms with Crippen LogP contribution in [0.5, 0.6) is 0 Å². The molecule has 1 unspecified atom stereocenters. The summed E-state index contributed by atoms with van der Waals surface area (Å²) in [7, 11) is 0. The van der Waals surface area contributed by atoms with Crippen LogP contribution in [0.25, 0.3) is 5.53 Å². The third-order valence-corrected chi connectivity index (χ3v) is 2.10. The number of epoxide rings is 1. The first kappa shape index (κ1) is 11.4. The maximum absolute atomic E-state index is 11.5. The van der Waals surface area contributed by atoms with Crippen molar-refractivity contribution < 1.29 is 29.0 Å². The Labute approximate surface area is 84.3 Å². The second-order valence-electron chi connectivity index (χ2n) is 3.01. The highest BCUT2D eigenvalue weighted by Gasteiger charge is 2.61. The fraction of sp³-hybridized carbons (Fsp3) is 0.500. The van der Waals surface area contributed by atoms with E-state index in [1.54, 1.807) is 0 Å². The van der Waals surface area contributed by atoms with Gasteiger partial charge in [-0.25, -0.2) is 0 Å². The number of aliphatic hydroxyl groups is 1. The first-order chi connectivity index (χ1) is 7.12. The zero-order valence-corrected chi connectivity index (χ0v) is 7.62. The van der Waals surface area contributed by atoms with E-state index < -0.39 is 29.7 Å². The molecule has 0 bridgehead atoms. The summed E-state index contributed by atoms with van der Waals surface area (Å²) in [4.78, 5) is 35.7. The summed E-state index contributed by atoms with van der Waals surface area (Å²) < 4.78 is 4.69. The van der Waals surface area contributed by atoms with Gasteiger partial charge in [-0.2, -0.15) is 4.79 Å². The summed E-state index contributed by atoms with van der Waals surface area (Å²) in [6.07, 6.45) is 0.777. The summed E-state index contributed by atoms with van der Waals surface area (Å²) in [6.45, 7) is -0.849. The van der Waals surface area contributed by atoms with E-state index >= 15 is 0 Å². The molecule has 0 aromatic rings. The van der Waals surface area contributed by atoms with Gasteiger partial charge >= 0.3 is 6.21 Å². The molecule has 80 valence electrons. The van der Waals surface area contributed by atoms with Crippen LogP contribution in [0, 0.1) is 5.92 Å². The van der Waals surface area contributed by atoms with E-state index in [9.17, 15) is 14.4 Å². The third kappa shape index (κ3) is 1.89. The van der Waals surface area contributed by atoms with Gasteiger partial charge in [0, 0.05) is 0 Å². The Morgan fingerprint density at radius 1 is 1.67 bits per heavy atom. The Hall–Kier alpha value is -1.69. The van der Waals surface area contributed by atoms with Gasteiger partial charge in [0.2, 0.25) is 5.60 Å². The molecule has 7 nitrogen and oxygen atoms in total. The smallest absolute Gasteiger partial charge is 0.326 e. The lowest BCUT2D eigenvalue weighted by atomic mass is 9.91. The molecule has 0 radical (unpaired) electrons. The monoisotopic (exact) mass is 212 g/mol. The van der Waals surface area contributed by atoms with Crippen LogP contribution in [0.3, 0.4) is 0 Å². The molecule has 1 aliphatic heterocycles. The highest BCUT2D eigenvalue weighted by atomic mass is 16.6. The molecule has 1 aliphatic rings. The predicted molar refractivity (Wildman–Crippen MR) is 45.0 cm³/mol. The third-order valence-electron chi connectivity index (χ3n) is 2.10. The number of hydrogen-bond acceptors (Lipinski definition) is 5. The molecule has 7 heteroatoms. The van der Waals surface area contributed by atoms with Crippen LogP contribution >= 0.6 is 0 Å². The number of carbonyl (C=O) groups is 3. The van der Waals surface area contributed by atoms with Crippen molar-refractivity contribution >= 4 is 24.1 Å². The van der Waals surface area contributed by atoms with Crippen molar-refractivity contribution in [1.29, 1.82) is 0 Å². The molecular formula is C8H8N2O5. The van der Waals surface area contributed by atoms with E-state index in [1.807, 2.05) is 0 Å². The van der Waals surface area contributed by atoms with Gasteiger partial charge in [0.1, 0.15) is 6.29 Å². The zero-order chi connectivity index (χ0) is 11.5. The van der Waals surface area contributed by atoms with E-state index in [0.717, 1.165) is 0 Å². The van der Waals surface area contributed by atoms with Crippen LogP contribution in [0.2, 0.25) is 0 Å². The Balaban J connectivity index is 2.87. The molecule has 15 heavy (non-hydrogen) atoms. The van der Waals surface area contributed by atoms with E-state index in [1.165, 1.54) is 0 Å². The molecule has 0 aromatic carbocycles. The van der Waals surface area contributed by atoms with Gasteiger partial charge in [0.05, 0.1) is 19.1 Å². The van der Waals surface area contributed by atoms with Crippen LogP contribution in [0.4, 0.5) is 0 Å². The van der Waals surface area contributed by atoms with Gasteiger partial charge in [-0.15, -0.1) is 0 Å².